The van der Waals surface area contributed by atoms with E-state index in [1.54, 1.807) is 18.4 Å². The molecular formula is C22H24N4O2S. The van der Waals surface area contributed by atoms with Crippen LogP contribution in [0.4, 0.5) is 5.82 Å². The Morgan fingerprint density at radius 1 is 1.21 bits per heavy atom. The standard InChI is InChI=1S/C22H24N4O2S/c1-28-19-8-3-2-6-16(19)14-23-22(27)17-7-4-12-26(15-17)21-11-10-18(24-25-21)20-9-5-13-29-20/h2-3,5-6,8-11,13,17H,4,7,12,14-15H2,1H3,(H,23,27). The molecule has 6 nitrogen and oxygen atoms in total. The highest BCUT2D eigenvalue weighted by Crippen LogP contribution is 2.26. The van der Waals surface area contributed by atoms with Crippen LogP contribution in [0.5, 0.6) is 5.75 Å². The fraction of sp³-hybridized carbons (Fsp3) is 0.318. The fourth-order valence-corrected chi connectivity index (χ4v) is 4.32. The van der Waals surface area contributed by atoms with Crippen LogP contribution >= 0.6 is 11.3 Å². The van der Waals surface area contributed by atoms with E-state index >= 15 is 0 Å². The van der Waals surface area contributed by atoms with Gasteiger partial charge in [0.25, 0.3) is 0 Å². The molecule has 1 N–H and O–H groups in total. The van der Waals surface area contributed by atoms with E-state index in [0.29, 0.717) is 13.1 Å². The van der Waals surface area contributed by atoms with Crippen LogP contribution < -0.4 is 15.0 Å². The van der Waals surface area contributed by atoms with Crippen LogP contribution in [0.15, 0.2) is 53.9 Å². The third-order valence-electron chi connectivity index (χ3n) is 5.19. The molecule has 3 aromatic rings. The largest absolute Gasteiger partial charge is 0.496 e. The minimum absolute atomic E-state index is 0.0581. The number of methoxy groups -OCH3 is 1. The lowest BCUT2D eigenvalue weighted by atomic mass is 9.97. The van der Waals surface area contributed by atoms with Gasteiger partial charge in [-0.1, -0.05) is 24.3 Å². The quantitative estimate of drug-likeness (QED) is 0.673. The van der Waals surface area contributed by atoms with Gasteiger partial charge in [-0.3, -0.25) is 4.79 Å². The van der Waals surface area contributed by atoms with Gasteiger partial charge in [-0.2, -0.15) is 0 Å². The van der Waals surface area contributed by atoms with Crippen LogP contribution in [0.3, 0.4) is 0 Å². The highest BCUT2D eigenvalue weighted by Gasteiger charge is 2.26. The van der Waals surface area contributed by atoms with E-state index in [1.807, 2.05) is 53.9 Å². The van der Waals surface area contributed by atoms with Crippen LogP contribution in [-0.4, -0.2) is 36.3 Å². The number of amides is 1. The van der Waals surface area contributed by atoms with Crippen LogP contribution in [0.2, 0.25) is 0 Å². The van der Waals surface area contributed by atoms with Crippen molar-refractivity contribution in [2.75, 3.05) is 25.1 Å². The van der Waals surface area contributed by atoms with Crippen molar-refractivity contribution in [2.24, 2.45) is 5.92 Å². The molecule has 0 aliphatic carbocycles. The summed E-state index contributed by atoms with van der Waals surface area (Å²) in [5, 5.41) is 13.9. The molecule has 0 saturated carbocycles. The van der Waals surface area contributed by atoms with E-state index in [1.165, 1.54) is 0 Å². The van der Waals surface area contributed by atoms with E-state index in [2.05, 4.69) is 20.4 Å². The second-order valence-corrected chi connectivity index (χ2v) is 8.02. The topological polar surface area (TPSA) is 67.3 Å². The average molecular weight is 409 g/mol. The van der Waals surface area contributed by atoms with Gasteiger partial charge in [0, 0.05) is 25.2 Å². The number of nitrogens with zero attached hydrogens (tertiary/aromatic N) is 3. The highest BCUT2D eigenvalue weighted by molar-refractivity contribution is 7.13. The molecule has 0 bridgehead atoms. The Hall–Kier alpha value is -2.93. The van der Waals surface area contributed by atoms with Crippen LogP contribution in [0.25, 0.3) is 10.6 Å². The van der Waals surface area contributed by atoms with Crippen LogP contribution in [0, 0.1) is 5.92 Å². The van der Waals surface area contributed by atoms with Crippen molar-refractivity contribution in [3.63, 3.8) is 0 Å². The molecular weight excluding hydrogens is 384 g/mol. The van der Waals surface area contributed by atoms with E-state index in [9.17, 15) is 4.79 Å². The summed E-state index contributed by atoms with van der Waals surface area (Å²) in [6.07, 6.45) is 1.84. The molecule has 29 heavy (non-hydrogen) atoms. The molecule has 0 spiro atoms. The maximum absolute atomic E-state index is 12.7. The number of carbonyl (C=O) groups excluding carboxylic acids is 1. The maximum atomic E-state index is 12.7. The third-order valence-corrected chi connectivity index (χ3v) is 6.08. The summed E-state index contributed by atoms with van der Waals surface area (Å²) in [4.78, 5) is 16.0. The Morgan fingerprint density at radius 3 is 2.86 bits per heavy atom. The first-order valence-corrected chi connectivity index (χ1v) is 10.6. The van der Waals surface area contributed by atoms with E-state index in [-0.39, 0.29) is 11.8 Å². The number of rotatable bonds is 6. The zero-order valence-electron chi connectivity index (χ0n) is 16.4. The van der Waals surface area contributed by atoms with Crippen molar-refractivity contribution in [1.29, 1.82) is 0 Å². The van der Waals surface area contributed by atoms with Crippen molar-refractivity contribution in [1.82, 2.24) is 15.5 Å². The molecule has 2 aromatic heterocycles. The number of carbonyl (C=O) groups is 1. The summed E-state index contributed by atoms with van der Waals surface area (Å²) in [5.74, 6) is 1.63. The SMILES string of the molecule is COc1ccccc1CNC(=O)C1CCCN(c2ccc(-c3cccs3)nn2)C1. The van der Waals surface area contributed by atoms with Crippen LogP contribution in [-0.2, 0) is 11.3 Å². The minimum Gasteiger partial charge on any atom is -0.496 e. The molecule has 1 aliphatic heterocycles. The molecule has 3 heterocycles. The van der Waals surface area contributed by atoms with Crippen molar-refractivity contribution >= 4 is 23.1 Å². The number of thiophene rings is 1. The number of benzene rings is 1. The Balaban J connectivity index is 1.37. The molecule has 1 amide bonds. The molecule has 1 fully saturated rings. The lowest BCUT2D eigenvalue weighted by Gasteiger charge is -2.32. The number of hydrogen-bond acceptors (Lipinski definition) is 6. The number of ether oxygens (including phenoxy) is 1. The van der Waals surface area contributed by atoms with Gasteiger partial charge in [-0.05, 0) is 42.5 Å². The van der Waals surface area contributed by atoms with Gasteiger partial charge in [0.05, 0.1) is 17.9 Å². The van der Waals surface area contributed by atoms with Gasteiger partial charge in [-0.15, -0.1) is 21.5 Å². The predicted molar refractivity (Wildman–Crippen MR) is 115 cm³/mol. The van der Waals surface area contributed by atoms with E-state index in [0.717, 1.165) is 47.1 Å². The Bertz CT molecular complexity index is 944. The van der Waals surface area contributed by atoms with Crippen LogP contribution in [0.1, 0.15) is 18.4 Å². The smallest absolute Gasteiger partial charge is 0.225 e. The number of piperidine rings is 1. The summed E-state index contributed by atoms with van der Waals surface area (Å²) in [5.41, 5.74) is 1.86. The third kappa shape index (κ3) is 4.56. The zero-order chi connectivity index (χ0) is 20.1. The van der Waals surface area contributed by atoms with E-state index < -0.39 is 0 Å². The van der Waals surface area contributed by atoms with E-state index in [4.69, 9.17) is 4.74 Å². The lowest BCUT2D eigenvalue weighted by molar-refractivity contribution is -0.125. The van der Waals surface area contributed by atoms with Crippen molar-refractivity contribution in [3.05, 3.63) is 59.5 Å². The number of aromatic nitrogens is 2. The lowest BCUT2D eigenvalue weighted by Crippen LogP contribution is -2.43. The van der Waals surface area contributed by atoms with Crippen molar-refractivity contribution in [3.8, 4) is 16.3 Å². The highest BCUT2D eigenvalue weighted by atomic mass is 32.1. The first-order chi connectivity index (χ1) is 14.2. The Kier molecular flexibility index (Phi) is 6.05. The predicted octanol–water partition coefficient (Wildman–Crippen LogP) is 3.75. The molecule has 1 atom stereocenters. The first-order valence-electron chi connectivity index (χ1n) is 9.77. The Morgan fingerprint density at radius 2 is 2.10 bits per heavy atom. The van der Waals surface area contributed by atoms with Gasteiger partial charge in [-0.25, -0.2) is 0 Å². The first kappa shape index (κ1) is 19.4. The van der Waals surface area contributed by atoms with Crippen molar-refractivity contribution < 1.29 is 9.53 Å². The fourth-order valence-electron chi connectivity index (χ4n) is 3.62. The number of anilines is 1. The second-order valence-electron chi connectivity index (χ2n) is 7.07. The molecule has 150 valence electrons. The number of para-hydroxylation sites is 1. The summed E-state index contributed by atoms with van der Waals surface area (Å²) < 4.78 is 5.36. The maximum Gasteiger partial charge on any atom is 0.225 e. The monoisotopic (exact) mass is 408 g/mol. The summed E-state index contributed by atoms with van der Waals surface area (Å²) in [7, 11) is 1.64. The van der Waals surface area contributed by atoms with Gasteiger partial charge in [0.1, 0.15) is 11.4 Å². The van der Waals surface area contributed by atoms with Gasteiger partial charge in [0.15, 0.2) is 5.82 Å². The average Bonchev–Trinajstić information content (AvgIpc) is 3.33. The molecule has 1 saturated heterocycles. The molecule has 1 aliphatic rings. The second kappa shape index (κ2) is 9.05. The molecule has 1 aromatic carbocycles. The Labute approximate surface area is 174 Å². The molecule has 4 rings (SSSR count). The number of hydrogen-bond donors (Lipinski definition) is 1. The molecule has 7 heteroatoms. The van der Waals surface area contributed by atoms with Gasteiger partial charge < -0.3 is 15.0 Å². The van der Waals surface area contributed by atoms with Crippen molar-refractivity contribution in [2.45, 2.75) is 19.4 Å². The summed E-state index contributed by atoms with van der Waals surface area (Å²) >= 11 is 1.65. The van der Waals surface area contributed by atoms with Gasteiger partial charge in [0.2, 0.25) is 5.91 Å². The molecule has 0 radical (unpaired) electrons. The summed E-state index contributed by atoms with van der Waals surface area (Å²) in [6.45, 7) is 2.02. The minimum atomic E-state index is -0.0581. The molecule has 1 unspecified atom stereocenters. The number of nitrogens with one attached hydrogen (secondary N) is 1. The zero-order valence-corrected chi connectivity index (χ0v) is 17.2. The normalized spacial score (nSPS) is 16.4. The summed E-state index contributed by atoms with van der Waals surface area (Å²) in [6, 6.07) is 15.8. The van der Waals surface area contributed by atoms with Gasteiger partial charge >= 0.3 is 0 Å².